The molecule has 128 valence electrons. The second-order valence-electron chi connectivity index (χ2n) is 6.98. The van der Waals surface area contributed by atoms with E-state index in [2.05, 4.69) is 22.0 Å². The van der Waals surface area contributed by atoms with E-state index in [-0.39, 0.29) is 0 Å². The van der Waals surface area contributed by atoms with Gasteiger partial charge in [-0.05, 0) is 62.8 Å². The quantitative estimate of drug-likeness (QED) is 0.926. The number of benzene rings is 1. The minimum absolute atomic E-state index is 0.413. The molecule has 5 heteroatoms. The maximum atomic E-state index is 11.5. The lowest BCUT2D eigenvalue weighted by atomic mass is 10.0. The van der Waals surface area contributed by atoms with Gasteiger partial charge in [0.05, 0.1) is 11.7 Å². The summed E-state index contributed by atoms with van der Waals surface area (Å²) in [4.78, 5) is 12.0. The molecule has 0 amide bonds. The van der Waals surface area contributed by atoms with Crippen LogP contribution in [0.5, 0.6) is 0 Å². The first-order chi connectivity index (χ1) is 11.7. The van der Waals surface area contributed by atoms with E-state index in [9.17, 15) is 4.21 Å². The van der Waals surface area contributed by atoms with Crippen molar-refractivity contribution >= 4 is 10.8 Å². The zero-order valence-electron chi connectivity index (χ0n) is 14.3. The Morgan fingerprint density at radius 3 is 2.75 bits per heavy atom. The van der Waals surface area contributed by atoms with E-state index in [1.54, 1.807) is 6.26 Å². The van der Waals surface area contributed by atoms with Gasteiger partial charge in [-0.3, -0.25) is 9.11 Å². The smallest absolute Gasteiger partial charge is 0.124 e. The van der Waals surface area contributed by atoms with Crippen LogP contribution in [0.25, 0.3) is 0 Å². The largest absolute Gasteiger partial charge is 0.344 e. The van der Waals surface area contributed by atoms with Crippen molar-refractivity contribution < 1.29 is 4.21 Å². The molecular weight excluding hydrogens is 318 g/mol. The molecule has 4 nitrogen and oxygen atoms in total. The van der Waals surface area contributed by atoms with E-state index in [4.69, 9.17) is 4.98 Å². The van der Waals surface area contributed by atoms with Crippen LogP contribution >= 0.6 is 0 Å². The summed E-state index contributed by atoms with van der Waals surface area (Å²) in [5.74, 6) is 1.17. The van der Waals surface area contributed by atoms with Crippen molar-refractivity contribution in [2.24, 2.45) is 0 Å². The number of fused-ring (bicyclic) bond motifs is 1. The maximum Gasteiger partial charge on any atom is 0.124 e. The first-order valence-electron chi connectivity index (χ1n) is 8.95. The van der Waals surface area contributed by atoms with Crippen LogP contribution in [-0.4, -0.2) is 31.9 Å². The molecule has 0 unspecified atom stereocenters. The summed E-state index contributed by atoms with van der Waals surface area (Å²) in [5.41, 5.74) is 3.96. The third kappa shape index (κ3) is 3.20. The number of aryl methyl sites for hydroxylation is 2. The number of imidazole rings is 1. The van der Waals surface area contributed by atoms with Crippen LogP contribution in [0.3, 0.4) is 0 Å². The first-order valence-corrected chi connectivity index (χ1v) is 10.5. The SMILES string of the molecule is C[S@](=O)c1ccc(CN2CCC[C@@H]2c2nc3c([nH]2)CCCC3)cc1. The summed E-state index contributed by atoms with van der Waals surface area (Å²) >= 11 is 0. The average Bonchev–Trinajstić information content (AvgIpc) is 3.21. The Bertz CT molecular complexity index is 714. The van der Waals surface area contributed by atoms with Crippen molar-refractivity contribution in [3.05, 3.63) is 47.0 Å². The summed E-state index contributed by atoms with van der Waals surface area (Å²) in [6.07, 6.45) is 8.99. The zero-order chi connectivity index (χ0) is 16.5. The minimum Gasteiger partial charge on any atom is -0.344 e. The molecule has 4 rings (SSSR count). The fraction of sp³-hybridized carbons (Fsp3) is 0.526. The number of aromatic amines is 1. The number of rotatable bonds is 4. The molecule has 1 aliphatic carbocycles. The van der Waals surface area contributed by atoms with E-state index in [0.717, 1.165) is 30.8 Å². The van der Waals surface area contributed by atoms with Crippen molar-refractivity contribution in [2.75, 3.05) is 12.8 Å². The molecule has 1 fully saturated rings. The Labute approximate surface area is 146 Å². The Balaban J connectivity index is 1.50. The molecule has 0 radical (unpaired) electrons. The molecule has 1 aliphatic heterocycles. The molecular formula is C19H25N3OS. The van der Waals surface area contributed by atoms with Crippen molar-refractivity contribution in [2.45, 2.75) is 56.0 Å². The van der Waals surface area contributed by atoms with E-state index in [0.29, 0.717) is 6.04 Å². The van der Waals surface area contributed by atoms with Crippen molar-refractivity contribution in [1.29, 1.82) is 0 Å². The topological polar surface area (TPSA) is 49.0 Å². The molecule has 1 aromatic carbocycles. The average molecular weight is 343 g/mol. The van der Waals surface area contributed by atoms with Gasteiger partial charge in [0.15, 0.2) is 0 Å². The van der Waals surface area contributed by atoms with Crippen molar-refractivity contribution in [1.82, 2.24) is 14.9 Å². The van der Waals surface area contributed by atoms with Crippen LogP contribution in [0.4, 0.5) is 0 Å². The fourth-order valence-corrected chi connectivity index (χ4v) is 4.50. The van der Waals surface area contributed by atoms with E-state index >= 15 is 0 Å². The number of hydrogen-bond acceptors (Lipinski definition) is 3. The van der Waals surface area contributed by atoms with Crippen LogP contribution in [0, 0.1) is 0 Å². The van der Waals surface area contributed by atoms with Gasteiger partial charge in [-0.25, -0.2) is 4.98 Å². The Hall–Kier alpha value is -1.46. The Kier molecular flexibility index (Phi) is 4.55. The fourth-order valence-electron chi connectivity index (χ4n) is 3.98. The number of nitrogens with one attached hydrogen (secondary N) is 1. The highest BCUT2D eigenvalue weighted by Gasteiger charge is 2.29. The zero-order valence-corrected chi connectivity index (χ0v) is 15.1. The van der Waals surface area contributed by atoms with Gasteiger partial charge in [-0.15, -0.1) is 0 Å². The van der Waals surface area contributed by atoms with Crippen molar-refractivity contribution in [3.8, 4) is 0 Å². The summed E-state index contributed by atoms with van der Waals surface area (Å²) < 4.78 is 11.5. The summed E-state index contributed by atoms with van der Waals surface area (Å²) in [6, 6.07) is 8.61. The molecule has 1 N–H and O–H groups in total. The van der Waals surface area contributed by atoms with Crippen LogP contribution < -0.4 is 0 Å². The molecule has 2 aromatic rings. The first kappa shape index (κ1) is 16.0. The van der Waals surface area contributed by atoms with Gasteiger partial charge in [0.2, 0.25) is 0 Å². The molecule has 0 bridgehead atoms. The molecule has 0 saturated carbocycles. The second-order valence-corrected chi connectivity index (χ2v) is 8.36. The van der Waals surface area contributed by atoms with Gasteiger partial charge < -0.3 is 4.98 Å². The van der Waals surface area contributed by atoms with E-state index in [1.165, 1.54) is 48.5 Å². The molecule has 0 spiro atoms. The normalized spacial score (nSPS) is 22.5. The standard InChI is InChI=1S/C19H25N3OS/c1-24(23)15-10-8-14(9-11-15)13-22-12-4-7-18(22)19-20-16-5-2-3-6-17(16)21-19/h8-11,18H,2-7,12-13H2,1H3,(H,20,21)/t18-,24+/m1/s1. The van der Waals surface area contributed by atoms with Crippen molar-refractivity contribution in [3.63, 3.8) is 0 Å². The molecule has 2 aliphatic rings. The summed E-state index contributed by atoms with van der Waals surface area (Å²) in [6.45, 7) is 2.06. The lowest BCUT2D eigenvalue weighted by Crippen LogP contribution is -2.23. The molecule has 24 heavy (non-hydrogen) atoms. The van der Waals surface area contributed by atoms with Crippen LogP contribution in [0.1, 0.15) is 54.5 Å². The Morgan fingerprint density at radius 1 is 1.21 bits per heavy atom. The van der Waals surface area contributed by atoms with Crippen LogP contribution in [0.2, 0.25) is 0 Å². The Morgan fingerprint density at radius 2 is 2.00 bits per heavy atom. The van der Waals surface area contributed by atoms with Gasteiger partial charge in [0, 0.05) is 34.2 Å². The predicted octanol–water partition coefficient (Wildman–Crippen LogP) is 3.36. The predicted molar refractivity (Wildman–Crippen MR) is 96.4 cm³/mol. The molecule has 1 saturated heterocycles. The van der Waals surface area contributed by atoms with Gasteiger partial charge in [-0.1, -0.05) is 12.1 Å². The maximum absolute atomic E-state index is 11.5. The summed E-state index contributed by atoms with van der Waals surface area (Å²) in [5, 5.41) is 0. The minimum atomic E-state index is -0.903. The molecule has 2 atom stereocenters. The third-order valence-corrected chi connectivity index (χ3v) is 6.23. The lowest BCUT2D eigenvalue weighted by molar-refractivity contribution is 0.240. The second kappa shape index (κ2) is 6.81. The third-order valence-electron chi connectivity index (χ3n) is 5.29. The number of aromatic nitrogens is 2. The molecule has 2 heterocycles. The number of hydrogen-bond donors (Lipinski definition) is 1. The van der Waals surface area contributed by atoms with Gasteiger partial charge in [0.1, 0.15) is 5.82 Å². The highest BCUT2D eigenvalue weighted by atomic mass is 32.2. The van der Waals surface area contributed by atoms with Gasteiger partial charge in [-0.2, -0.15) is 0 Å². The number of H-pyrrole nitrogens is 1. The van der Waals surface area contributed by atoms with E-state index in [1.807, 2.05) is 12.1 Å². The molecule has 1 aromatic heterocycles. The van der Waals surface area contributed by atoms with Crippen LogP contribution in [0.15, 0.2) is 29.2 Å². The number of likely N-dealkylation sites (tertiary alicyclic amines) is 1. The van der Waals surface area contributed by atoms with Gasteiger partial charge >= 0.3 is 0 Å². The monoisotopic (exact) mass is 343 g/mol. The number of nitrogens with zero attached hydrogens (tertiary/aromatic N) is 2. The van der Waals surface area contributed by atoms with Crippen LogP contribution in [-0.2, 0) is 30.2 Å². The highest BCUT2D eigenvalue weighted by molar-refractivity contribution is 7.84. The summed E-state index contributed by atoms with van der Waals surface area (Å²) in [7, 11) is -0.903. The van der Waals surface area contributed by atoms with Gasteiger partial charge in [0.25, 0.3) is 0 Å². The lowest BCUT2D eigenvalue weighted by Gasteiger charge is -2.23. The van der Waals surface area contributed by atoms with E-state index < -0.39 is 10.8 Å². The highest BCUT2D eigenvalue weighted by Crippen LogP contribution is 2.33.